The third-order valence-corrected chi connectivity index (χ3v) is 5.03. The number of likely N-dealkylation sites (tertiary alicyclic amines) is 1. The number of rotatable bonds is 4. The fourth-order valence-electron chi connectivity index (χ4n) is 3.56. The monoisotopic (exact) mass is 353 g/mol. The highest BCUT2D eigenvalue weighted by atomic mass is 35.5. The molecule has 1 heterocycles. The van der Waals surface area contributed by atoms with E-state index in [0.29, 0.717) is 12.0 Å². The molecule has 1 atom stereocenters. The summed E-state index contributed by atoms with van der Waals surface area (Å²) in [6.07, 6.45) is 7.57. The molecule has 2 fully saturated rings. The summed E-state index contributed by atoms with van der Waals surface area (Å²) in [5.74, 6) is 0.668. The average molecular weight is 354 g/mol. The number of hydrogen-bond acceptors (Lipinski definition) is 3. The zero-order valence-electron chi connectivity index (χ0n) is 14.0. The Labute approximate surface area is 147 Å². The van der Waals surface area contributed by atoms with E-state index >= 15 is 0 Å². The van der Waals surface area contributed by atoms with E-state index in [1.807, 2.05) is 0 Å². The number of piperidine rings is 1. The first-order valence-electron chi connectivity index (χ1n) is 8.32. The third-order valence-electron chi connectivity index (χ3n) is 5.03. The molecule has 0 radical (unpaired) electrons. The minimum absolute atomic E-state index is 0. The standard InChI is InChI=1S/C16H31N3O.2ClH/c1-13(2)19-10-6-7-14(12-19)11-18-15(20)16(17)8-4-3-5-9-16;;/h13-14H,3-12,17H2,1-2H3,(H,18,20);2*1H. The van der Waals surface area contributed by atoms with Crippen LogP contribution in [0.1, 0.15) is 58.8 Å². The Morgan fingerprint density at radius 2 is 1.86 bits per heavy atom. The van der Waals surface area contributed by atoms with E-state index in [1.165, 1.54) is 25.8 Å². The maximum atomic E-state index is 12.3. The summed E-state index contributed by atoms with van der Waals surface area (Å²) in [7, 11) is 0. The Kier molecular flexibility index (Phi) is 9.95. The lowest BCUT2D eigenvalue weighted by Gasteiger charge is -2.36. The van der Waals surface area contributed by atoms with E-state index < -0.39 is 5.54 Å². The first-order valence-corrected chi connectivity index (χ1v) is 8.32. The number of carbonyl (C=O) groups excluding carboxylic acids is 1. The van der Waals surface area contributed by atoms with Crippen molar-refractivity contribution in [2.24, 2.45) is 11.7 Å². The van der Waals surface area contributed by atoms with Crippen molar-refractivity contribution >= 4 is 30.7 Å². The molecule has 0 aromatic carbocycles. The SMILES string of the molecule is CC(C)N1CCCC(CNC(=O)C2(N)CCCCC2)C1.Cl.Cl. The van der Waals surface area contributed by atoms with Crippen molar-refractivity contribution in [2.45, 2.75) is 70.4 Å². The van der Waals surface area contributed by atoms with Gasteiger partial charge in [0.15, 0.2) is 0 Å². The Hall–Kier alpha value is -0.0300. The van der Waals surface area contributed by atoms with Gasteiger partial charge in [-0.15, -0.1) is 24.8 Å². The highest BCUT2D eigenvalue weighted by Gasteiger charge is 2.35. The molecule has 6 heteroatoms. The van der Waals surface area contributed by atoms with Gasteiger partial charge in [-0.25, -0.2) is 0 Å². The maximum Gasteiger partial charge on any atom is 0.240 e. The molecule has 1 aliphatic carbocycles. The van der Waals surface area contributed by atoms with Crippen molar-refractivity contribution in [2.75, 3.05) is 19.6 Å². The van der Waals surface area contributed by atoms with Crippen molar-refractivity contribution < 1.29 is 4.79 Å². The topological polar surface area (TPSA) is 58.4 Å². The van der Waals surface area contributed by atoms with Crippen molar-refractivity contribution in [1.29, 1.82) is 0 Å². The lowest BCUT2D eigenvalue weighted by atomic mass is 9.82. The molecule has 0 bridgehead atoms. The second-order valence-electron chi connectivity index (χ2n) is 7.02. The van der Waals surface area contributed by atoms with Crippen molar-refractivity contribution in [3.05, 3.63) is 0 Å². The van der Waals surface area contributed by atoms with Crippen molar-refractivity contribution in [3.63, 3.8) is 0 Å². The predicted molar refractivity (Wildman–Crippen MR) is 96.9 cm³/mol. The van der Waals surface area contributed by atoms with Gasteiger partial charge in [0, 0.05) is 19.1 Å². The van der Waals surface area contributed by atoms with Gasteiger partial charge >= 0.3 is 0 Å². The van der Waals surface area contributed by atoms with Gasteiger partial charge in [0.05, 0.1) is 5.54 Å². The lowest BCUT2D eigenvalue weighted by molar-refractivity contribution is -0.127. The molecule has 1 amide bonds. The molecule has 1 unspecified atom stereocenters. The molecule has 4 nitrogen and oxygen atoms in total. The number of nitrogens with two attached hydrogens (primary N) is 1. The normalized spacial score (nSPS) is 25.0. The second-order valence-corrected chi connectivity index (χ2v) is 7.02. The number of nitrogens with one attached hydrogen (secondary N) is 1. The van der Waals surface area contributed by atoms with Crippen LogP contribution in [0.15, 0.2) is 0 Å². The van der Waals surface area contributed by atoms with Gasteiger partial charge in [-0.2, -0.15) is 0 Å². The van der Waals surface area contributed by atoms with E-state index in [-0.39, 0.29) is 30.7 Å². The molecule has 1 saturated heterocycles. The number of amides is 1. The van der Waals surface area contributed by atoms with Gasteiger partial charge in [-0.3, -0.25) is 4.79 Å². The number of nitrogens with zero attached hydrogens (tertiary/aromatic N) is 1. The van der Waals surface area contributed by atoms with Crippen LogP contribution in [-0.4, -0.2) is 42.0 Å². The Bertz CT molecular complexity index is 333. The highest BCUT2D eigenvalue weighted by Crippen LogP contribution is 2.26. The van der Waals surface area contributed by atoms with Crippen LogP contribution in [0.2, 0.25) is 0 Å². The number of halogens is 2. The fraction of sp³-hybridized carbons (Fsp3) is 0.938. The molecule has 132 valence electrons. The molecule has 2 rings (SSSR count). The van der Waals surface area contributed by atoms with E-state index in [0.717, 1.165) is 38.8 Å². The highest BCUT2D eigenvalue weighted by molar-refractivity contribution is 5.86. The summed E-state index contributed by atoms with van der Waals surface area (Å²) in [5, 5.41) is 3.13. The van der Waals surface area contributed by atoms with Crippen LogP contribution in [0.5, 0.6) is 0 Å². The molecule has 0 spiro atoms. The zero-order chi connectivity index (χ0) is 14.6. The quantitative estimate of drug-likeness (QED) is 0.816. The number of carbonyl (C=O) groups is 1. The van der Waals surface area contributed by atoms with Crippen LogP contribution in [0.4, 0.5) is 0 Å². The smallest absolute Gasteiger partial charge is 0.240 e. The summed E-state index contributed by atoms with van der Waals surface area (Å²) in [5.41, 5.74) is 5.68. The van der Waals surface area contributed by atoms with Gasteiger partial charge < -0.3 is 16.0 Å². The molecule has 0 aromatic heterocycles. The van der Waals surface area contributed by atoms with Crippen LogP contribution in [0.25, 0.3) is 0 Å². The van der Waals surface area contributed by atoms with E-state index in [2.05, 4.69) is 24.1 Å². The molecular formula is C16H33Cl2N3O. The van der Waals surface area contributed by atoms with Crippen LogP contribution in [0, 0.1) is 5.92 Å². The van der Waals surface area contributed by atoms with Gasteiger partial charge in [0.1, 0.15) is 0 Å². The van der Waals surface area contributed by atoms with Gasteiger partial charge in [-0.1, -0.05) is 19.3 Å². The minimum atomic E-state index is -0.593. The minimum Gasteiger partial charge on any atom is -0.354 e. The van der Waals surface area contributed by atoms with Gasteiger partial charge in [0.25, 0.3) is 0 Å². The third kappa shape index (κ3) is 5.88. The molecule has 3 N–H and O–H groups in total. The Balaban J connectivity index is 0.00000220. The first kappa shape index (κ1) is 22.0. The second kappa shape index (κ2) is 9.96. The summed E-state index contributed by atoms with van der Waals surface area (Å²) >= 11 is 0. The van der Waals surface area contributed by atoms with E-state index in [9.17, 15) is 4.79 Å². The summed E-state index contributed by atoms with van der Waals surface area (Å²) < 4.78 is 0. The van der Waals surface area contributed by atoms with Crippen LogP contribution in [0.3, 0.4) is 0 Å². The van der Waals surface area contributed by atoms with Gasteiger partial charge in [0.2, 0.25) is 5.91 Å². The molecule has 1 saturated carbocycles. The van der Waals surface area contributed by atoms with Crippen LogP contribution < -0.4 is 11.1 Å². The molecule has 0 aromatic rings. The Morgan fingerprint density at radius 3 is 2.45 bits per heavy atom. The summed E-state index contributed by atoms with van der Waals surface area (Å²) in [6, 6.07) is 0.604. The van der Waals surface area contributed by atoms with E-state index in [4.69, 9.17) is 5.73 Å². The first-order chi connectivity index (χ1) is 9.51. The van der Waals surface area contributed by atoms with Crippen molar-refractivity contribution in [1.82, 2.24) is 10.2 Å². The summed E-state index contributed by atoms with van der Waals surface area (Å²) in [6.45, 7) is 7.59. The van der Waals surface area contributed by atoms with Gasteiger partial charge in [-0.05, 0) is 52.0 Å². The van der Waals surface area contributed by atoms with Crippen molar-refractivity contribution in [3.8, 4) is 0 Å². The average Bonchev–Trinajstić information content (AvgIpc) is 2.45. The zero-order valence-corrected chi connectivity index (χ0v) is 15.6. The largest absolute Gasteiger partial charge is 0.354 e. The molecule has 1 aliphatic heterocycles. The predicted octanol–water partition coefficient (Wildman–Crippen LogP) is 2.73. The van der Waals surface area contributed by atoms with Crippen LogP contribution in [-0.2, 0) is 4.79 Å². The number of hydrogen-bond donors (Lipinski definition) is 2. The maximum absolute atomic E-state index is 12.3. The molecular weight excluding hydrogens is 321 g/mol. The van der Waals surface area contributed by atoms with E-state index in [1.54, 1.807) is 0 Å². The fourth-order valence-corrected chi connectivity index (χ4v) is 3.56. The molecule has 2 aliphatic rings. The Morgan fingerprint density at radius 1 is 1.23 bits per heavy atom. The van der Waals surface area contributed by atoms with Crippen LogP contribution >= 0.6 is 24.8 Å². The summed E-state index contributed by atoms with van der Waals surface area (Å²) in [4.78, 5) is 14.8. The molecule has 22 heavy (non-hydrogen) atoms. The lowest BCUT2D eigenvalue weighted by Crippen LogP contribution is -2.56.